The van der Waals surface area contributed by atoms with Crippen LogP contribution < -0.4 is 37.9 Å². The molecule has 0 unspecified atom stereocenters. The van der Waals surface area contributed by atoms with E-state index in [9.17, 15) is 0 Å². The third-order valence-electron chi connectivity index (χ3n) is 7.66. The summed E-state index contributed by atoms with van der Waals surface area (Å²) in [5.74, 6) is 5.01. The Morgan fingerprint density at radius 3 is 1.00 bits per heavy atom. The third kappa shape index (κ3) is 4.93. The SMILES string of the molecule is CCCc1cc2c(-c3c(OC)cc(OC)c4c(OC)c(OC)c(CCC)cc34)c(OC)cc(OC)c2c(OC)c1OC. The molecule has 4 rings (SSSR count). The molecule has 0 N–H and O–H groups in total. The maximum absolute atomic E-state index is 6.07. The minimum absolute atomic E-state index is 0.599. The Morgan fingerprint density at radius 2 is 0.738 bits per heavy atom. The van der Waals surface area contributed by atoms with Crippen molar-refractivity contribution >= 4 is 21.5 Å². The van der Waals surface area contributed by atoms with Crippen LogP contribution in [0.1, 0.15) is 37.8 Å². The molecule has 4 aromatic rings. The van der Waals surface area contributed by atoms with E-state index in [4.69, 9.17) is 37.9 Å². The Hall–Kier alpha value is -4.20. The fourth-order valence-corrected chi connectivity index (χ4v) is 5.97. The molecule has 8 nitrogen and oxygen atoms in total. The quantitative estimate of drug-likeness (QED) is 0.160. The van der Waals surface area contributed by atoms with Gasteiger partial charge < -0.3 is 37.9 Å². The van der Waals surface area contributed by atoms with Crippen molar-refractivity contribution in [3.8, 4) is 57.1 Å². The monoisotopic (exact) mass is 578 g/mol. The topological polar surface area (TPSA) is 73.8 Å². The van der Waals surface area contributed by atoms with E-state index in [1.165, 1.54) is 0 Å². The van der Waals surface area contributed by atoms with Gasteiger partial charge in [0.15, 0.2) is 23.0 Å². The van der Waals surface area contributed by atoms with Crippen LogP contribution in [0, 0.1) is 0 Å². The van der Waals surface area contributed by atoms with Gasteiger partial charge in [0.1, 0.15) is 23.0 Å². The molecule has 226 valence electrons. The van der Waals surface area contributed by atoms with Crippen LogP contribution in [0.5, 0.6) is 46.0 Å². The maximum Gasteiger partial charge on any atom is 0.172 e. The van der Waals surface area contributed by atoms with Crippen LogP contribution >= 0.6 is 0 Å². The van der Waals surface area contributed by atoms with Gasteiger partial charge in [-0.15, -0.1) is 0 Å². The van der Waals surface area contributed by atoms with E-state index < -0.39 is 0 Å². The average Bonchev–Trinajstić information content (AvgIpc) is 3.02. The van der Waals surface area contributed by atoms with Crippen molar-refractivity contribution in [1.82, 2.24) is 0 Å². The fourth-order valence-electron chi connectivity index (χ4n) is 5.97. The molecule has 0 amide bonds. The highest BCUT2D eigenvalue weighted by Crippen LogP contribution is 2.56. The number of aryl methyl sites for hydroxylation is 2. The summed E-state index contributed by atoms with van der Waals surface area (Å²) in [7, 11) is 13.2. The van der Waals surface area contributed by atoms with Crippen molar-refractivity contribution in [3.05, 3.63) is 35.4 Å². The van der Waals surface area contributed by atoms with Gasteiger partial charge in [0.05, 0.1) is 67.7 Å². The first-order valence-corrected chi connectivity index (χ1v) is 14.1. The van der Waals surface area contributed by atoms with Crippen LogP contribution in [0.3, 0.4) is 0 Å². The molecule has 42 heavy (non-hydrogen) atoms. The van der Waals surface area contributed by atoms with Gasteiger partial charge in [-0.1, -0.05) is 26.7 Å². The van der Waals surface area contributed by atoms with E-state index in [1.807, 2.05) is 12.1 Å². The average molecular weight is 579 g/mol. The van der Waals surface area contributed by atoms with Gasteiger partial charge in [0.25, 0.3) is 0 Å². The van der Waals surface area contributed by atoms with E-state index in [0.717, 1.165) is 69.5 Å². The molecule has 0 saturated heterocycles. The number of hydrogen-bond acceptors (Lipinski definition) is 8. The Kier molecular flexibility index (Phi) is 9.66. The van der Waals surface area contributed by atoms with Gasteiger partial charge in [-0.3, -0.25) is 0 Å². The van der Waals surface area contributed by atoms with Crippen LogP contribution in [-0.4, -0.2) is 56.9 Å². The molecule has 0 aromatic heterocycles. The van der Waals surface area contributed by atoms with Crippen LogP contribution in [0.25, 0.3) is 32.7 Å². The minimum atomic E-state index is 0.599. The lowest BCUT2D eigenvalue weighted by Crippen LogP contribution is -2.03. The van der Waals surface area contributed by atoms with Gasteiger partial charge in [-0.05, 0) is 36.1 Å². The first-order valence-electron chi connectivity index (χ1n) is 14.1. The van der Waals surface area contributed by atoms with E-state index in [2.05, 4.69) is 26.0 Å². The van der Waals surface area contributed by atoms with Crippen molar-refractivity contribution in [3.63, 3.8) is 0 Å². The molecule has 0 atom stereocenters. The van der Waals surface area contributed by atoms with Crippen LogP contribution in [0.15, 0.2) is 24.3 Å². The van der Waals surface area contributed by atoms with Crippen molar-refractivity contribution in [2.45, 2.75) is 39.5 Å². The van der Waals surface area contributed by atoms with Gasteiger partial charge in [-0.25, -0.2) is 0 Å². The molecule has 0 aliphatic rings. The highest BCUT2D eigenvalue weighted by Gasteiger charge is 2.29. The first-order chi connectivity index (χ1) is 20.4. The highest BCUT2D eigenvalue weighted by molar-refractivity contribution is 6.16. The second-order valence-corrected chi connectivity index (χ2v) is 9.86. The smallest absolute Gasteiger partial charge is 0.172 e. The molecule has 0 bridgehead atoms. The van der Waals surface area contributed by atoms with Crippen LogP contribution in [0.2, 0.25) is 0 Å². The molecule has 0 radical (unpaired) electrons. The second kappa shape index (κ2) is 13.2. The molecule has 0 aliphatic carbocycles. The molecule has 0 heterocycles. The second-order valence-electron chi connectivity index (χ2n) is 9.86. The standard InChI is InChI=1S/C34H42O8/c1-11-13-19-15-21-27(23(35-3)17-25(37-5)29(21)33(41-9)31(19)39-7)28-22-16-20(14-12-2)32(40-8)34(42-10)30(22)26(38-6)18-24(28)36-4/h15-18H,11-14H2,1-10H3. The zero-order chi connectivity index (χ0) is 30.6. The number of methoxy groups -OCH3 is 8. The lowest BCUT2D eigenvalue weighted by atomic mass is 9.88. The lowest BCUT2D eigenvalue weighted by molar-refractivity contribution is 0.352. The summed E-state index contributed by atoms with van der Waals surface area (Å²) in [5, 5.41) is 3.30. The van der Waals surface area contributed by atoms with E-state index in [0.29, 0.717) is 46.0 Å². The molecular formula is C34H42O8. The van der Waals surface area contributed by atoms with Gasteiger partial charge >= 0.3 is 0 Å². The van der Waals surface area contributed by atoms with Crippen molar-refractivity contribution in [1.29, 1.82) is 0 Å². The van der Waals surface area contributed by atoms with Crippen molar-refractivity contribution < 1.29 is 37.9 Å². The number of fused-ring (bicyclic) bond motifs is 2. The van der Waals surface area contributed by atoms with Crippen molar-refractivity contribution in [2.75, 3.05) is 56.9 Å². The zero-order valence-corrected chi connectivity index (χ0v) is 26.4. The van der Waals surface area contributed by atoms with Gasteiger partial charge in [0.2, 0.25) is 0 Å². The van der Waals surface area contributed by atoms with E-state index >= 15 is 0 Å². The van der Waals surface area contributed by atoms with Crippen LogP contribution in [-0.2, 0) is 12.8 Å². The summed E-state index contributed by atoms with van der Waals surface area (Å²) < 4.78 is 47.7. The van der Waals surface area contributed by atoms with E-state index in [-0.39, 0.29) is 0 Å². The Labute approximate surface area is 248 Å². The van der Waals surface area contributed by atoms with Crippen LogP contribution in [0.4, 0.5) is 0 Å². The summed E-state index contributed by atoms with van der Waals surface area (Å²) in [6.45, 7) is 4.27. The normalized spacial score (nSPS) is 11.0. The predicted octanol–water partition coefficient (Wildman–Crippen LogP) is 7.63. The summed E-state index contributed by atoms with van der Waals surface area (Å²) in [5.41, 5.74) is 3.68. The molecule has 0 saturated carbocycles. The highest BCUT2D eigenvalue weighted by atomic mass is 16.5. The molecule has 0 spiro atoms. The zero-order valence-electron chi connectivity index (χ0n) is 26.4. The van der Waals surface area contributed by atoms with Crippen molar-refractivity contribution in [2.24, 2.45) is 0 Å². The fraction of sp³-hybridized carbons (Fsp3) is 0.412. The predicted molar refractivity (Wildman–Crippen MR) is 167 cm³/mol. The van der Waals surface area contributed by atoms with Gasteiger partial charge in [0, 0.05) is 34.0 Å². The first kappa shape index (κ1) is 30.8. The van der Waals surface area contributed by atoms with E-state index in [1.54, 1.807) is 56.9 Å². The summed E-state index contributed by atoms with van der Waals surface area (Å²) in [6, 6.07) is 8.04. The summed E-state index contributed by atoms with van der Waals surface area (Å²) >= 11 is 0. The molecule has 0 aliphatic heterocycles. The van der Waals surface area contributed by atoms with Gasteiger partial charge in [-0.2, -0.15) is 0 Å². The number of ether oxygens (including phenoxy) is 8. The lowest BCUT2D eigenvalue weighted by Gasteiger charge is -2.24. The summed E-state index contributed by atoms with van der Waals surface area (Å²) in [6.07, 6.45) is 3.43. The summed E-state index contributed by atoms with van der Waals surface area (Å²) in [4.78, 5) is 0. The Bertz CT molecular complexity index is 1470. The Morgan fingerprint density at radius 1 is 0.405 bits per heavy atom. The minimum Gasteiger partial charge on any atom is -0.496 e. The molecular weight excluding hydrogens is 536 g/mol. The Balaban J connectivity index is 2.37. The molecule has 8 heteroatoms. The number of hydrogen-bond donors (Lipinski definition) is 0. The number of benzene rings is 4. The molecule has 4 aromatic carbocycles. The largest absolute Gasteiger partial charge is 0.496 e. The maximum atomic E-state index is 6.07. The number of rotatable bonds is 13. The molecule has 0 fully saturated rings. The third-order valence-corrected chi connectivity index (χ3v) is 7.66.